The third-order valence-electron chi connectivity index (χ3n) is 4.85. The van der Waals surface area contributed by atoms with Gasteiger partial charge in [-0.05, 0) is 32.6 Å². The first-order valence-corrected chi connectivity index (χ1v) is 8.14. The van der Waals surface area contributed by atoms with Crippen molar-refractivity contribution < 1.29 is 14.4 Å². The van der Waals surface area contributed by atoms with Crippen LogP contribution in [-0.4, -0.2) is 64.8 Å². The Morgan fingerprint density at radius 1 is 1.32 bits per heavy atom. The summed E-state index contributed by atoms with van der Waals surface area (Å²) in [4.78, 5) is 16.6. The van der Waals surface area contributed by atoms with Crippen molar-refractivity contribution in [2.45, 2.75) is 39.2 Å². The molecule has 0 unspecified atom stereocenters. The van der Waals surface area contributed by atoms with Gasteiger partial charge in [0.25, 0.3) is 0 Å². The molecule has 2 aliphatic rings. The molecule has 0 bridgehead atoms. The summed E-state index contributed by atoms with van der Waals surface area (Å²) in [6.45, 7) is 7.63. The lowest BCUT2D eigenvalue weighted by Crippen LogP contribution is -2.51. The van der Waals surface area contributed by atoms with Crippen LogP contribution >= 0.6 is 0 Å². The molecule has 0 spiro atoms. The topological polar surface area (TPSA) is 69.8 Å². The standard InChI is InChI=1S/C16H25N3O3/c1-11-14(12(2)22-17-11)9-16(21)19-7-5-18(6-8-19)10-15(20)13-3-4-13/h13,15,20H,3-10H2,1-2H3/t15-/m0/s1. The molecule has 1 amide bonds. The lowest BCUT2D eigenvalue weighted by molar-refractivity contribution is -0.132. The van der Waals surface area contributed by atoms with Crippen molar-refractivity contribution in [2.24, 2.45) is 5.92 Å². The number of aliphatic hydroxyl groups is 1. The van der Waals surface area contributed by atoms with Crippen molar-refractivity contribution in [1.29, 1.82) is 0 Å². The summed E-state index contributed by atoms with van der Waals surface area (Å²) in [7, 11) is 0. The van der Waals surface area contributed by atoms with E-state index >= 15 is 0 Å². The van der Waals surface area contributed by atoms with Crippen molar-refractivity contribution in [2.75, 3.05) is 32.7 Å². The molecule has 3 rings (SSSR count). The molecule has 1 N–H and O–H groups in total. The Hall–Kier alpha value is -1.40. The number of hydrogen-bond acceptors (Lipinski definition) is 5. The van der Waals surface area contributed by atoms with E-state index in [1.807, 2.05) is 18.7 Å². The van der Waals surface area contributed by atoms with Crippen LogP contribution in [0.15, 0.2) is 4.52 Å². The van der Waals surface area contributed by atoms with E-state index in [-0.39, 0.29) is 12.0 Å². The maximum atomic E-state index is 12.4. The average Bonchev–Trinajstić information content (AvgIpc) is 3.31. The van der Waals surface area contributed by atoms with E-state index < -0.39 is 0 Å². The van der Waals surface area contributed by atoms with Gasteiger partial charge in [-0.1, -0.05) is 5.16 Å². The second kappa shape index (κ2) is 6.38. The van der Waals surface area contributed by atoms with Gasteiger partial charge in [0.15, 0.2) is 0 Å². The highest BCUT2D eigenvalue weighted by Gasteiger charge is 2.32. The van der Waals surface area contributed by atoms with Crippen molar-refractivity contribution in [1.82, 2.24) is 15.0 Å². The fraction of sp³-hybridized carbons (Fsp3) is 0.750. The predicted octanol–water partition coefficient (Wildman–Crippen LogP) is 0.749. The number of carbonyl (C=O) groups excluding carboxylic acids is 1. The molecule has 1 aromatic rings. The quantitative estimate of drug-likeness (QED) is 0.869. The molecule has 6 nitrogen and oxygen atoms in total. The molecule has 0 aromatic carbocycles. The minimum Gasteiger partial charge on any atom is -0.392 e. The molecule has 1 saturated carbocycles. The van der Waals surface area contributed by atoms with Crippen molar-refractivity contribution in [3.8, 4) is 0 Å². The molecule has 2 fully saturated rings. The SMILES string of the molecule is Cc1noc(C)c1CC(=O)N1CCN(C[C@H](O)C2CC2)CC1. The van der Waals surface area contributed by atoms with E-state index in [2.05, 4.69) is 10.1 Å². The minimum absolute atomic E-state index is 0.136. The second-order valence-corrected chi connectivity index (χ2v) is 6.57. The summed E-state index contributed by atoms with van der Waals surface area (Å²) in [5.41, 5.74) is 1.72. The number of aliphatic hydroxyl groups excluding tert-OH is 1. The number of aromatic nitrogens is 1. The van der Waals surface area contributed by atoms with E-state index in [0.29, 0.717) is 12.3 Å². The van der Waals surface area contributed by atoms with Gasteiger partial charge < -0.3 is 14.5 Å². The monoisotopic (exact) mass is 307 g/mol. The van der Waals surface area contributed by atoms with Crippen LogP contribution in [0.3, 0.4) is 0 Å². The number of carbonyl (C=O) groups is 1. The Bertz CT molecular complexity index is 511. The van der Waals surface area contributed by atoms with Gasteiger partial charge in [0.05, 0.1) is 18.2 Å². The molecule has 1 aromatic heterocycles. The number of β-amino-alcohol motifs (C(OH)–C–C–N with tert-alkyl or cyclic N) is 1. The maximum absolute atomic E-state index is 12.4. The fourth-order valence-corrected chi connectivity index (χ4v) is 3.09. The fourth-order valence-electron chi connectivity index (χ4n) is 3.09. The van der Waals surface area contributed by atoms with Crippen LogP contribution in [0.1, 0.15) is 29.9 Å². The molecule has 22 heavy (non-hydrogen) atoms. The van der Waals surface area contributed by atoms with E-state index in [1.54, 1.807) is 0 Å². The highest BCUT2D eigenvalue weighted by atomic mass is 16.5. The number of nitrogens with zero attached hydrogens (tertiary/aromatic N) is 3. The second-order valence-electron chi connectivity index (χ2n) is 6.57. The van der Waals surface area contributed by atoms with Gasteiger partial charge in [-0.2, -0.15) is 0 Å². The molecule has 2 heterocycles. The van der Waals surface area contributed by atoms with Gasteiger partial charge in [0.2, 0.25) is 5.91 Å². The van der Waals surface area contributed by atoms with Crippen LogP contribution in [0.5, 0.6) is 0 Å². The summed E-state index contributed by atoms with van der Waals surface area (Å²) >= 11 is 0. The molecule has 0 radical (unpaired) electrons. The normalized spacial score (nSPS) is 21.1. The minimum atomic E-state index is -0.190. The number of piperazine rings is 1. The number of hydrogen-bond donors (Lipinski definition) is 1. The van der Waals surface area contributed by atoms with E-state index in [9.17, 15) is 9.90 Å². The smallest absolute Gasteiger partial charge is 0.227 e. The zero-order chi connectivity index (χ0) is 15.7. The molecular weight excluding hydrogens is 282 g/mol. The average molecular weight is 307 g/mol. The Morgan fingerprint density at radius 2 is 2.00 bits per heavy atom. The van der Waals surface area contributed by atoms with Crippen LogP contribution in [0.4, 0.5) is 0 Å². The number of aryl methyl sites for hydroxylation is 2. The van der Waals surface area contributed by atoms with Gasteiger partial charge in [-0.3, -0.25) is 9.69 Å². The highest BCUT2D eigenvalue weighted by Crippen LogP contribution is 2.32. The Balaban J connectivity index is 1.47. The largest absolute Gasteiger partial charge is 0.392 e. The molecule has 1 aliphatic carbocycles. The van der Waals surface area contributed by atoms with E-state index in [4.69, 9.17) is 4.52 Å². The molecule has 1 saturated heterocycles. The molecule has 1 atom stereocenters. The first-order chi connectivity index (χ1) is 10.5. The molecule has 6 heteroatoms. The Morgan fingerprint density at radius 3 is 2.55 bits per heavy atom. The van der Waals surface area contributed by atoms with Crippen molar-refractivity contribution in [3.63, 3.8) is 0 Å². The van der Waals surface area contributed by atoms with Gasteiger partial charge in [-0.15, -0.1) is 0 Å². The van der Waals surface area contributed by atoms with Crippen LogP contribution in [0, 0.1) is 19.8 Å². The molecule has 1 aliphatic heterocycles. The van der Waals surface area contributed by atoms with Gasteiger partial charge in [0.1, 0.15) is 5.76 Å². The Kier molecular flexibility index (Phi) is 4.49. The van der Waals surface area contributed by atoms with E-state index in [0.717, 1.165) is 62.6 Å². The highest BCUT2D eigenvalue weighted by molar-refractivity contribution is 5.79. The van der Waals surface area contributed by atoms with Gasteiger partial charge in [0, 0.05) is 38.3 Å². The Labute approximate surface area is 131 Å². The third-order valence-corrected chi connectivity index (χ3v) is 4.85. The lowest BCUT2D eigenvalue weighted by atomic mass is 10.1. The summed E-state index contributed by atoms with van der Waals surface area (Å²) in [6, 6.07) is 0. The number of rotatable bonds is 5. The van der Waals surface area contributed by atoms with E-state index in [1.165, 1.54) is 0 Å². The van der Waals surface area contributed by atoms with Crippen molar-refractivity contribution >= 4 is 5.91 Å². The first-order valence-electron chi connectivity index (χ1n) is 8.14. The van der Waals surface area contributed by atoms with Crippen LogP contribution in [0.25, 0.3) is 0 Å². The predicted molar refractivity (Wildman–Crippen MR) is 81.4 cm³/mol. The molecule has 122 valence electrons. The summed E-state index contributed by atoms with van der Waals surface area (Å²) in [5.74, 6) is 1.38. The van der Waals surface area contributed by atoms with Crippen LogP contribution in [0.2, 0.25) is 0 Å². The zero-order valence-corrected chi connectivity index (χ0v) is 13.4. The van der Waals surface area contributed by atoms with Crippen molar-refractivity contribution in [3.05, 3.63) is 17.0 Å². The lowest BCUT2D eigenvalue weighted by Gasteiger charge is -2.35. The summed E-state index contributed by atoms with van der Waals surface area (Å²) in [5, 5.41) is 13.9. The molecular formula is C16H25N3O3. The third kappa shape index (κ3) is 3.50. The summed E-state index contributed by atoms with van der Waals surface area (Å²) in [6.07, 6.45) is 2.50. The summed E-state index contributed by atoms with van der Waals surface area (Å²) < 4.78 is 5.12. The van der Waals surface area contributed by atoms with Crippen LogP contribution < -0.4 is 0 Å². The zero-order valence-electron chi connectivity index (χ0n) is 13.4. The number of amides is 1. The first kappa shape index (κ1) is 15.5. The van der Waals surface area contributed by atoms with Gasteiger partial charge >= 0.3 is 0 Å². The maximum Gasteiger partial charge on any atom is 0.227 e. The van der Waals surface area contributed by atoms with Crippen LogP contribution in [-0.2, 0) is 11.2 Å². The van der Waals surface area contributed by atoms with Gasteiger partial charge in [-0.25, -0.2) is 0 Å².